The summed E-state index contributed by atoms with van der Waals surface area (Å²) >= 11 is 0. The number of ether oxygens (including phenoxy) is 2. The van der Waals surface area contributed by atoms with Gasteiger partial charge in [0.05, 0.1) is 5.56 Å². The molecule has 0 N–H and O–H groups in total. The SMILES string of the molecule is COCOc1ccc(C=O)c(OS(=O)(=O)C(F)(F)F)c1C1CC1. The molecule has 1 saturated carbocycles. The number of benzene rings is 1. The van der Waals surface area contributed by atoms with E-state index < -0.39 is 21.4 Å². The van der Waals surface area contributed by atoms with E-state index in [9.17, 15) is 26.4 Å². The molecule has 1 fully saturated rings. The van der Waals surface area contributed by atoms with Gasteiger partial charge in [-0.15, -0.1) is 0 Å². The van der Waals surface area contributed by atoms with Crippen molar-refractivity contribution in [2.24, 2.45) is 0 Å². The Labute approximate surface area is 130 Å². The Morgan fingerprint density at radius 3 is 2.43 bits per heavy atom. The quantitative estimate of drug-likeness (QED) is 0.324. The van der Waals surface area contributed by atoms with Gasteiger partial charge in [0.25, 0.3) is 0 Å². The normalized spacial score (nSPS) is 15.3. The van der Waals surface area contributed by atoms with Crippen LogP contribution >= 0.6 is 0 Å². The Hall–Kier alpha value is -1.81. The van der Waals surface area contributed by atoms with Crippen LogP contribution < -0.4 is 8.92 Å². The molecule has 0 heterocycles. The third-order valence-electron chi connectivity index (χ3n) is 3.11. The summed E-state index contributed by atoms with van der Waals surface area (Å²) in [6.07, 6.45) is 1.47. The Morgan fingerprint density at radius 2 is 1.96 bits per heavy atom. The Morgan fingerprint density at radius 1 is 1.30 bits per heavy atom. The van der Waals surface area contributed by atoms with Crippen molar-refractivity contribution in [2.45, 2.75) is 24.3 Å². The minimum atomic E-state index is -5.89. The zero-order valence-electron chi connectivity index (χ0n) is 11.9. The summed E-state index contributed by atoms with van der Waals surface area (Å²) in [6, 6.07) is 2.49. The molecule has 0 atom stereocenters. The maximum Gasteiger partial charge on any atom is 0.534 e. The van der Waals surface area contributed by atoms with E-state index in [0.29, 0.717) is 12.8 Å². The van der Waals surface area contributed by atoms with Gasteiger partial charge >= 0.3 is 15.6 Å². The van der Waals surface area contributed by atoms with Crippen molar-refractivity contribution in [3.63, 3.8) is 0 Å². The van der Waals surface area contributed by atoms with Gasteiger partial charge in [0.15, 0.2) is 18.8 Å². The molecule has 0 amide bonds. The van der Waals surface area contributed by atoms with E-state index in [1.165, 1.54) is 13.2 Å². The van der Waals surface area contributed by atoms with Crippen molar-refractivity contribution in [1.82, 2.24) is 0 Å². The fourth-order valence-corrected chi connectivity index (χ4v) is 2.45. The molecule has 0 aromatic heterocycles. The fraction of sp³-hybridized carbons (Fsp3) is 0.462. The summed E-state index contributed by atoms with van der Waals surface area (Å²) in [4.78, 5) is 11.1. The van der Waals surface area contributed by atoms with E-state index in [-0.39, 0.29) is 35.9 Å². The second kappa shape index (κ2) is 6.36. The van der Waals surface area contributed by atoms with Crippen LogP contribution in [0.1, 0.15) is 34.7 Å². The van der Waals surface area contributed by atoms with Gasteiger partial charge in [0.2, 0.25) is 0 Å². The summed E-state index contributed by atoms with van der Waals surface area (Å²) in [5, 5.41) is 0. The summed E-state index contributed by atoms with van der Waals surface area (Å²) in [6.45, 7) is -0.189. The van der Waals surface area contributed by atoms with E-state index in [1.54, 1.807) is 0 Å². The summed E-state index contributed by atoms with van der Waals surface area (Å²) in [5.74, 6) is -0.763. The Balaban J connectivity index is 2.53. The molecule has 10 heteroatoms. The standard InChI is InChI=1S/C13H13F3O6S/c1-20-7-21-10-5-4-9(6-17)12(11(10)8-2-3-8)22-23(18,19)13(14,15)16/h4-6,8H,2-3,7H2,1H3. The molecule has 1 aliphatic carbocycles. The summed E-state index contributed by atoms with van der Waals surface area (Å²) < 4.78 is 74.4. The largest absolute Gasteiger partial charge is 0.534 e. The highest BCUT2D eigenvalue weighted by molar-refractivity contribution is 7.88. The third-order valence-corrected chi connectivity index (χ3v) is 4.06. The highest BCUT2D eigenvalue weighted by Gasteiger charge is 2.49. The molecule has 1 aromatic carbocycles. The van der Waals surface area contributed by atoms with E-state index in [4.69, 9.17) is 9.47 Å². The number of carbonyl (C=O) groups is 1. The minimum Gasteiger partial charge on any atom is -0.467 e. The average Bonchev–Trinajstić information content (AvgIpc) is 3.28. The van der Waals surface area contributed by atoms with Crippen LogP contribution in [0.2, 0.25) is 0 Å². The molecular weight excluding hydrogens is 341 g/mol. The van der Waals surface area contributed by atoms with Gasteiger partial charge < -0.3 is 13.7 Å². The molecule has 128 valence electrons. The fourth-order valence-electron chi connectivity index (χ4n) is 1.95. The number of methoxy groups -OCH3 is 1. The van der Waals surface area contributed by atoms with Gasteiger partial charge in [-0.2, -0.15) is 21.6 Å². The molecule has 0 radical (unpaired) electrons. The van der Waals surface area contributed by atoms with Crippen LogP contribution in [-0.2, 0) is 14.9 Å². The molecule has 1 aromatic rings. The number of rotatable bonds is 7. The number of carbonyl (C=O) groups excluding carboxylic acids is 1. The molecule has 2 rings (SSSR count). The maximum atomic E-state index is 12.6. The lowest BCUT2D eigenvalue weighted by atomic mass is 10.0. The summed E-state index contributed by atoms with van der Waals surface area (Å²) in [7, 11) is -4.55. The Bertz CT molecular complexity index is 694. The van der Waals surface area contributed by atoms with Gasteiger partial charge in [-0.25, -0.2) is 0 Å². The molecule has 0 aliphatic heterocycles. The number of aldehydes is 1. The first-order chi connectivity index (χ1) is 10.7. The van der Waals surface area contributed by atoms with Crippen LogP contribution in [0.25, 0.3) is 0 Å². The molecule has 6 nitrogen and oxygen atoms in total. The molecule has 0 spiro atoms. The highest BCUT2D eigenvalue weighted by atomic mass is 32.2. The number of halogens is 3. The van der Waals surface area contributed by atoms with Crippen LogP contribution in [0.5, 0.6) is 11.5 Å². The van der Waals surface area contributed by atoms with Gasteiger partial charge in [-0.3, -0.25) is 4.79 Å². The van der Waals surface area contributed by atoms with Crippen molar-refractivity contribution in [3.05, 3.63) is 23.3 Å². The smallest absolute Gasteiger partial charge is 0.467 e. The van der Waals surface area contributed by atoms with Crippen LogP contribution in [0.3, 0.4) is 0 Å². The minimum absolute atomic E-state index is 0.118. The molecule has 23 heavy (non-hydrogen) atoms. The zero-order chi connectivity index (χ0) is 17.3. The number of hydrogen-bond acceptors (Lipinski definition) is 6. The van der Waals surface area contributed by atoms with Crippen molar-refractivity contribution in [2.75, 3.05) is 13.9 Å². The predicted octanol–water partition coefficient (Wildman–Crippen LogP) is 2.59. The lowest BCUT2D eigenvalue weighted by Crippen LogP contribution is -2.28. The average molecular weight is 354 g/mol. The topological polar surface area (TPSA) is 78.9 Å². The third kappa shape index (κ3) is 3.75. The first-order valence-corrected chi connectivity index (χ1v) is 7.86. The maximum absolute atomic E-state index is 12.6. The van der Waals surface area contributed by atoms with E-state index in [0.717, 1.165) is 6.07 Å². The van der Waals surface area contributed by atoms with E-state index in [2.05, 4.69) is 4.18 Å². The van der Waals surface area contributed by atoms with E-state index in [1.807, 2.05) is 0 Å². The Kier molecular flexibility index (Phi) is 4.85. The van der Waals surface area contributed by atoms with Crippen molar-refractivity contribution in [1.29, 1.82) is 0 Å². The first-order valence-electron chi connectivity index (χ1n) is 6.46. The molecule has 0 saturated heterocycles. The number of alkyl halides is 3. The molecular formula is C13H13F3O6S. The summed E-state index contributed by atoms with van der Waals surface area (Å²) in [5.41, 5.74) is -5.78. The lowest BCUT2D eigenvalue weighted by Gasteiger charge is -2.17. The first kappa shape index (κ1) is 17.5. The molecule has 0 unspecified atom stereocenters. The van der Waals surface area contributed by atoms with Crippen molar-refractivity contribution in [3.8, 4) is 11.5 Å². The van der Waals surface area contributed by atoms with Gasteiger partial charge in [0.1, 0.15) is 5.75 Å². The van der Waals surface area contributed by atoms with Gasteiger partial charge in [0, 0.05) is 12.7 Å². The van der Waals surface area contributed by atoms with E-state index >= 15 is 0 Å². The second-order valence-corrected chi connectivity index (χ2v) is 6.36. The zero-order valence-corrected chi connectivity index (χ0v) is 12.7. The van der Waals surface area contributed by atoms with Crippen molar-refractivity contribution < 1.29 is 40.0 Å². The van der Waals surface area contributed by atoms with Gasteiger partial charge in [-0.1, -0.05) is 0 Å². The lowest BCUT2D eigenvalue weighted by molar-refractivity contribution is -0.0500. The monoisotopic (exact) mass is 354 g/mol. The highest BCUT2D eigenvalue weighted by Crippen LogP contribution is 2.50. The molecule has 0 bridgehead atoms. The van der Waals surface area contributed by atoms with Gasteiger partial charge in [-0.05, 0) is 30.9 Å². The van der Waals surface area contributed by atoms with Crippen LogP contribution in [0.4, 0.5) is 13.2 Å². The number of hydrogen-bond donors (Lipinski definition) is 0. The predicted molar refractivity (Wildman–Crippen MR) is 71.9 cm³/mol. The van der Waals surface area contributed by atoms with Crippen LogP contribution in [0.15, 0.2) is 12.1 Å². The van der Waals surface area contributed by atoms with Crippen molar-refractivity contribution >= 4 is 16.4 Å². The van der Waals surface area contributed by atoms with Crippen LogP contribution in [-0.4, -0.2) is 34.1 Å². The van der Waals surface area contributed by atoms with Crippen LogP contribution in [0, 0.1) is 0 Å². The molecule has 1 aliphatic rings. The second-order valence-electron chi connectivity index (χ2n) is 4.82.